The lowest BCUT2D eigenvalue weighted by Gasteiger charge is -2.29. The number of piperidine rings is 1. The van der Waals surface area contributed by atoms with Gasteiger partial charge in [-0.25, -0.2) is 8.42 Å². The average Bonchev–Trinajstić information content (AvgIpc) is 2.27. The van der Waals surface area contributed by atoms with E-state index in [1.54, 1.807) is 0 Å². The third-order valence-corrected chi connectivity index (χ3v) is 6.10. The fraction of sp³-hybridized carbons (Fsp3) is 0.455. The van der Waals surface area contributed by atoms with Crippen LogP contribution in [0.1, 0.15) is 12.8 Å². The zero-order chi connectivity index (χ0) is 14.2. The van der Waals surface area contributed by atoms with Gasteiger partial charge in [0, 0.05) is 24.2 Å². The number of nitrogens with zero attached hydrogens (tertiary/aromatic N) is 1. The molecule has 1 fully saturated rings. The van der Waals surface area contributed by atoms with Crippen LogP contribution in [0, 0.1) is 0 Å². The number of benzene rings is 1. The maximum atomic E-state index is 12.5. The van der Waals surface area contributed by atoms with Crippen LogP contribution in [0.25, 0.3) is 0 Å². The minimum absolute atomic E-state index is 0.0346. The lowest BCUT2D eigenvalue weighted by molar-refractivity contribution is 0.320. The van der Waals surface area contributed by atoms with E-state index in [1.165, 1.54) is 16.4 Å². The third-order valence-electron chi connectivity index (χ3n) is 3.06. The molecule has 19 heavy (non-hydrogen) atoms. The quantitative estimate of drug-likeness (QED) is 0.898. The summed E-state index contributed by atoms with van der Waals surface area (Å²) in [4.78, 5) is -0.0873. The first kappa shape index (κ1) is 15.4. The van der Waals surface area contributed by atoms with E-state index >= 15 is 0 Å². The summed E-state index contributed by atoms with van der Waals surface area (Å²) in [7, 11) is -3.71. The van der Waals surface area contributed by atoms with Crippen molar-refractivity contribution in [2.24, 2.45) is 5.73 Å². The van der Waals surface area contributed by atoms with E-state index < -0.39 is 10.0 Å². The minimum atomic E-state index is -3.71. The van der Waals surface area contributed by atoms with Gasteiger partial charge in [-0.1, -0.05) is 34.8 Å². The Morgan fingerprint density at radius 2 is 1.58 bits per heavy atom. The predicted octanol–water partition coefficient (Wildman–Crippen LogP) is 2.76. The van der Waals surface area contributed by atoms with Gasteiger partial charge in [0.15, 0.2) is 0 Å². The van der Waals surface area contributed by atoms with Crippen LogP contribution in [0.3, 0.4) is 0 Å². The monoisotopic (exact) mass is 342 g/mol. The highest BCUT2D eigenvalue weighted by Gasteiger charge is 2.31. The molecule has 0 aromatic heterocycles. The maximum absolute atomic E-state index is 12.5. The van der Waals surface area contributed by atoms with Crippen molar-refractivity contribution in [2.75, 3.05) is 13.1 Å². The predicted molar refractivity (Wildman–Crippen MR) is 77.4 cm³/mol. The topological polar surface area (TPSA) is 63.4 Å². The van der Waals surface area contributed by atoms with Crippen molar-refractivity contribution in [3.63, 3.8) is 0 Å². The molecule has 1 saturated heterocycles. The Balaban J connectivity index is 2.40. The Labute approximate surface area is 127 Å². The largest absolute Gasteiger partial charge is 0.328 e. The molecule has 1 aliphatic rings. The van der Waals surface area contributed by atoms with Crippen LogP contribution in [-0.2, 0) is 10.0 Å². The molecule has 1 aromatic rings. The Kier molecular flexibility index (Phi) is 4.65. The Bertz CT molecular complexity index is 561. The van der Waals surface area contributed by atoms with Gasteiger partial charge in [-0.15, -0.1) is 0 Å². The molecule has 0 saturated carbocycles. The molecule has 1 aromatic carbocycles. The van der Waals surface area contributed by atoms with Gasteiger partial charge in [0.2, 0.25) is 10.0 Å². The Hall–Kier alpha value is -0.0400. The van der Waals surface area contributed by atoms with E-state index in [-0.39, 0.29) is 21.0 Å². The van der Waals surface area contributed by atoms with Gasteiger partial charge in [-0.2, -0.15) is 4.31 Å². The molecule has 0 amide bonds. The SMILES string of the molecule is NC1CCN(S(=O)(=O)c2c(Cl)cc(Cl)cc2Cl)CC1. The van der Waals surface area contributed by atoms with Crippen LogP contribution in [0.4, 0.5) is 0 Å². The summed E-state index contributed by atoms with van der Waals surface area (Å²) in [5.74, 6) is 0. The van der Waals surface area contributed by atoms with Crippen LogP contribution < -0.4 is 5.73 Å². The van der Waals surface area contributed by atoms with Gasteiger partial charge in [0.1, 0.15) is 4.90 Å². The van der Waals surface area contributed by atoms with Crippen molar-refractivity contribution in [1.29, 1.82) is 0 Å². The third kappa shape index (κ3) is 3.17. The van der Waals surface area contributed by atoms with Crippen molar-refractivity contribution in [3.8, 4) is 0 Å². The molecule has 1 heterocycles. The normalized spacial score (nSPS) is 18.7. The molecule has 4 nitrogen and oxygen atoms in total. The van der Waals surface area contributed by atoms with E-state index in [4.69, 9.17) is 40.5 Å². The lowest BCUT2D eigenvalue weighted by atomic mass is 10.1. The molecule has 0 radical (unpaired) electrons. The van der Waals surface area contributed by atoms with Gasteiger partial charge in [0.05, 0.1) is 10.0 Å². The van der Waals surface area contributed by atoms with Gasteiger partial charge >= 0.3 is 0 Å². The van der Waals surface area contributed by atoms with Gasteiger partial charge < -0.3 is 5.73 Å². The van der Waals surface area contributed by atoms with E-state index in [0.29, 0.717) is 31.0 Å². The number of sulfonamides is 1. The highest BCUT2D eigenvalue weighted by Crippen LogP contribution is 2.35. The van der Waals surface area contributed by atoms with Crippen molar-refractivity contribution >= 4 is 44.8 Å². The average molecular weight is 344 g/mol. The van der Waals surface area contributed by atoms with Crippen LogP contribution in [0.5, 0.6) is 0 Å². The summed E-state index contributed by atoms with van der Waals surface area (Å²) < 4.78 is 26.4. The first-order chi connectivity index (χ1) is 8.82. The maximum Gasteiger partial charge on any atom is 0.246 e. The summed E-state index contributed by atoms with van der Waals surface area (Å²) in [6.45, 7) is 0.748. The second-order valence-electron chi connectivity index (χ2n) is 4.44. The molecule has 0 aliphatic carbocycles. The molecule has 0 bridgehead atoms. The van der Waals surface area contributed by atoms with Gasteiger partial charge in [0.25, 0.3) is 0 Å². The van der Waals surface area contributed by atoms with Crippen LogP contribution in [0.2, 0.25) is 15.1 Å². The number of rotatable bonds is 2. The molecule has 0 atom stereocenters. The molecule has 106 valence electrons. The minimum Gasteiger partial charge on any atom is -0.328 e. The second-order valence-corrected chi connectivity index (χ2v) is 7.57. The molecule has 1 aliphatic heterocycles. The van der Waals surface area contributed by atoms with Gasteiger partial charge in [-0.3, -0.25) is 0 Å². The number of hydrogen-bond donors (Lipinski definition) is 1. The molecule has 0 spiro atoms. The summed E-state index contributed by atoms with van der Waals surface area (Å²) in [6, 6.07) is 2.79. The molecule has 0 unspecified atom stereocenters. The highest BCUT2D eigenvalue weighted by molar-refractivity contribution is 7.89. The van der Waals surface area contributed by atoms with E-state index in [2.05, 4.69) is 0 Å². The zero-order valence-electron chi connectivity index (χ0n) is 9.94. The summed E-state index contributed by atoms with van der Waals surface area (Å²) >= 11 is 17.7. The molecule has 2 N–H and O–H groups in total. The fourth-order valence-electron chi connectivity index (χ4n) is 2.02. The lowest BCUT2D eigenvalue weighted by Crippen LogP contribution is -2.42. The van der Waals surface area contributed by atoms with Crippen LogP contribution in [0.15, 0.2) is 17.0 Å². The zero-order valence-corrected chi connectivity index (χ0v) is 13.0. The second kappa shape index (κ2) is 5.76. The van der Waals surface area contributed by atoms with Crippen LogP contribution >= 0.6 is 34.8 Å². The van der Waals surface area contributed by atoms with Crippen molar-refractivity contribution < 1.29 is 8.42 Å². The summed E-state index contributed by atoms with van der Waals surface area (Å²) in [6.07, 6.45) is 1.25. The molecule has 2 rings (SSSR count). The fourth-order valence-corrected chi connectivity index (χ4v) is 4.98. The van der Waals surface area contributed by atoms with Gasteiger partial charge in [-0.05, 0) is 25.0 Å². The van der Waals surface area contributed by atoms with Crippen molar-refractivity contribution in [2.45, 2.75) is 23.8 Å². The molecular weight excluding hydrogens is 331 g/mol. The highest BCUT2D eigenvalue weighted by atomic mass is 35.5. The number of hydrogen-bond acceptors (Lipinski definition) is 3. The van der Waals surface area contributed by atoms with Crippen molar-refractivity contribution in [1.82, 2.24) is 4.31 Å². The molecule has 8 heteroatoms. The summed E-state index contributed by atoms with van der Waals surface area (Å²) in [5, 5.41) is 0.370. The summed E-state index contributed by atoms with van der Waals surface area (Å²) in [5.41, 5.74) is 5.77. The Morgan fingerprint density at radius 1 is 1.11 bits per heavy atom. The molecular formula is C11H13Cl3N2O2S. The first-order valence-corrected chi connectivity index (χ1v) is 8.30. The Morgan fingerprint density at radius 3 is 2.05 bits per heavy atom. The number of halogens is 3. The van der Waals surface area contributed by atoms with Crippen molar-refractivity contribution in [3.05, 3.63) is 27.2 Å². The standard InChI is InChI=1S/C11H13Cl3N2O2S/c12-7-5-9(13)11(10(14)6-7)19(17,18)16-3-1-8(15)2-4-16/h5-6,8H,1-4,15H2. The van der Waals surface area contributed by atoms with E-state index in [1.807, 2.05) is 0 Å². The first-order valence-electron chi connectivity index (χ1n) is 5.72. The van der Waals surface area contributed by atoms with Crippen LogP contribution in [-0.4, -0.2) is 31.9 Å². The number of nitrogens with two attached hydrogens (primary N) is 1. The smallest absolute Gasteiger partial charge is 0.246 e. The van der Waals surface area contributed by atoms with E-state index in [9.17, 15) is 8.42 Å². The van der Waals surface area contributed by atoms with E-state index in [0.717, 1.165) is 0 Å².